The van der Waals surface area contributed by atoms with E-state index in [0.717, 1.165) is 30.8 Å². The summed E-state index contributed by atoms with van der Waals surface area (Å²) < 4.78 is 0. The van der Waals surface area contributed by atoms with Gasteiger partial charge < -0.3 is 16.0 Å². The van der Waals surface area contributed by atoms with Crippen molar-refractivity contribution in [1.82, 2.24) is 4.90 Å². The van der Waals surface area contributed by atoms with Gasteiger partial charge in [0.2, 0.25) is 5.91 Å². The van der Waals surface area contributed by atoms with Crippen LogP contribution in [0.4, 0.5) is 11.4 Å². The highest BCUT2D eigenvalue weighted by Gasteiger charge is 2.05. The number of hydrogen-bond donors (Lipinski definition) is 2. The Balaban J connectivity index is 2.42. The topological polar surface area (TPSA) is 58.4 Å². The van der Waals surface area contributed by atoms with Crippen LogP contribution in [-0.2, 0) is 4.79 Å². The highest BCUT2D eigenvalue weighted by atomic mass is 16.1. The molecule has 0 heterocycles. The number of nitrogen functional groups attached to an aromatic ring is 1. The molecule has 0 aliphatic rings. The fourth-order valence-electron chi connectivity index (χ4n) is 1.65. The summed E-state index contributed by atoms with van der Waals surface area (Å²) in [4.78, 5) is 14.0. The van der Waals surface area contributed by atoms with Crippen molar-refractivity contribution in [2.24, 2.45) is 0 Å². The highest BCUT2D eigenvalue weighted by molar-refractivity contribution is 5.91. The number of carbonyl (C=O) groups is 1. The zero-order chi connectivity index (χ0) is 13.5. The van der Waals surface area contributed by atoms with Crippen LogP contribution >= 0.6 is 0 Å². The molecule has 1 rings (SSSR count). The minimum Gasteiger partial charge on any atom is -0.399 e. The Kier molecular flexibility index (Phi) is 5.65. The molecule has 0 atom stereocenters. The summed E-state index contributed by atoms with van der Waals surface area (Å²) >= 11 is 0. The van der Waals surface area contributed by atoms with Gasteiger partial charge in [0.05, 0.1) is 0 Å². The number of nitrogens with one attached hydrogen (secondary N) is 1. The predicted octanol–water partition coefficient (Wildman–Crippen LogP) is 2.25. The average Bonchev–Trinajstić information content (AvgIpc) is 2.33. The van der Waals surface area contributed by atoms with Crippen molar-refractivity contribution in [3.05, 3.63) is 23.8 Å². The first kappa shape index (κ1) is 14.5. The summed E-state index contributed by atoms with van der Waals surface area (Å²) in [5.41, 5.74) is 8.21. The van der Waals surface area contributed by atoms with E-state index in [1.54, 1.807) is 6.07 Å². The maximum absolute atomic E-state index is 11.8. The number of nitrogens with zero attached hydrogens (tertiary/aromatic N) is 1. The van der Waals surface area contributed by atoms with Gasteiger partial charge in [-0.1, -0.05) is 13.0 Å². The lowest BCUT2D eigenvalue weighted by Gasteiger charge is -2.13. The first-order valence-corrected chi connectivity index (χ1v) is 6.37. The van der Waals surface area contributed by atoms with Crippen molar-refractivity contribution in [3.63, 3.8) is 0 Å². The monoisotopic (exact) mass is 249 g/mol. The maximum Gasteiger partial charge on any atom is 0.224 e. The maximum atomic E-state index is 11.8. The molecular formula is C14H23N3O. The number of carbonyl (C=O) groups excluding carboxylic acids is 1. The van der Waals surface area contributed by atoms with E-state index >= 15 is 0 Å². The van der Waals surface area contributed by atoms with Gasteiger partial charge in [-0.15, -0.1) is 0 Å². The summed E-state index contributed by atoms with van der Waals surface area (Å²) in [5, 5.41) is 2.91. The van der Waals surface area contributed by atoms with Crippen LogP contribution in [0.5, 0.6) is 0 Å². The highest BCUT2D eigenvalue weighted by Crippen LogP contribution is 2.18. The van der Waals surface area contributed by atoms with Crippen molar-refractivity contribution in [3.8, 4) is 0 Å². The number of amides is 1. The van der Waals surface area contributed by atoms with E-state index in [0.29, 0.717) is 12.1 Å². The number of benzene rings is 1. The molecule has 0 aromatic heterocycles. The van der Waals surface area contributed by atoms with Crippen LogP contribution in [-0.4, -0.2) is 30.9 Å². The van der Waals surface area contributed by atoms with E-state index in [9.17, 15) is 4.79 Å². The average molecular weight is 249 g/mol. The van der Waals surface area contributed by atoms with E-state index in [1.807, 2.05) is 19.1 Å². The van der Waals surface area contributed by atoms with Crippen molar-refractivity contribution in [2.45, 2.75) is 26.7 Å². The third kappa shape index (κ3) is 4.75. The Labute approximate surface area is 109 Å². The van der Waals surface area contributed by atoms with Crippen molar-refractivity contribution < 1.29 is 4.79 Å². The molecule has 0 aliphatic heterocycles. The number of hydrogen-bond acceptors (Lipinski definition) is 3. The van der Waals surface area contributed by atoms with Gasteiger partial charge in [0, 0.05) is 17.8 Å². The summed E-state index contributed by atoms with van der Waals surface area (Å²) in [6.45, 7) is 6.02. The second-order valence-electron chi connectivity index (χ2n) is 4.62. The summed E-state index contributed by atoms with van der Waals surface area (Å²) in [6, 6.07) is 5.54. The quantitative estimate of drug-likeness (QED) is 0.760. The Morgan fingerprint density at radius 1 is 1.44 bits per heavy atom. The number of nitrogens with two attached hydrogens (primary N) is 1. The predicted molar refractivity (Wildman–Crippen MR) is 76.6 cm³/mol. The molecule has 1 aromatic carbocycles. The Bertz CT molecular complexity index is 404. The van der Waals surface area contributed by atoms with Gasteiger partial charge in [-0.05, 0) is 51.2 Å². The lowest BCUT2D eigenvalue weighted by Crippen LogP contribution is -2.21. The molecule has 0 fully saturated rings. The molecule has 0 saturated carbocycles. The number of rotatable bonds is 6. The Morgan fingerprint density at radius 2 is 2.17 bits per heavy atom. The van der Waals surface area contributed by atoms with Gasteiger partial charge >= 0.3 is 0 Å². The molecule has 0 unspecified atom stereocenters. The molecule has 0 aliphatic carbocycles. The van der Waals surface area contributed by atoms with Gasteiger partial charge in [-0.3, -0.25) is 4.79 Å². The SMILES string of the molecule is CCN(C)CCCC(=O)Nc1cc(N)ccc1C. The van der Waals surface area contributed by atoms with Crippen molar-refractivity contribution in [1.29, 1.82) is 0 Å². The fourth-order valence-corrected chi connectivity index (χ4v) is 1.65. The van der Waals surface area contributed by atoms with Gasteiger partial charge in [-0.25, -0.2) is 0 Å². The summed E-state index contributed by atoms with van der Waals surface area (Å²) in [5.74, 6) is 0.0493. The summed E-state index contributed by atoms with van der Waals surface area (Å²) in [7, 11) is 2.06. The molecule has 4 heteroatoms. The third-order valence-electron chi connectivity index (χ3n) is 3.02. The normalized spacial score (nSPS) is 10.7. The van der Waals surface area contributed by atoms with Crippen LogP contribution in [0.15, 0.2) is 18.2 Å². The van der Waals surface area contributed by atoms with Crippen molar-refractivity contribution >= 4 is 17.3 Å². The second-order valence-corrected chi connectivity index (χ2v) is 4.62. The molecule has 0 radical (unpaired) electrons. The van der Waals surface area contributed by atoms with Crippen LogP contribution in [0.1, 0.15) is 25.3 Å². The number of aryl methyl sites for hydroxylation is 1. The lowest BCUT2D eigenvalue weighted by atomic mass is 10.1. The molecule has 3 N–H and O–H groups in total. The molecule has 18 heavy (non-hydrogen) atoms. The third-order valence-corrected chi connectivity index (χ3v) is 3.02. The first-order valence-electron chi connectivity index (χ1n) is 6.37. The van der Waals surface area contributed by atoms with Gasteiger partial charge in [0.1, 0.15) is 0 Å². The van der Waals surface area contributed by atoms with E-state index in [-0.39, 0.29) is 5.91 Å². The zero-order valence-corrected chi connectivity index (χ0v) is 11.5. The van der Waals surface area contributed by atoms with Gasteiger partial charge in [0.25, 0.3) is 0 Å². The molecule has 0 bridgehead atoms. The van der Waals surface area contributed by atoms with Crippen molar-refractivity contribution in [2.75, 3.05) is 31.2 Å². The fraction of sp³-hybridized carbons (Fsp3) is 0.500. The Morgan fingerprint density at radius 3 is 2.83 bits per heavy atom. The van der Waals surface area contributed by atoms with E-state index in [2.05, 4.69) is 24.2 Å². The minimum atomic E-state index is 0.0493. The molecule has 0 saturated heterocycles. The summed E-state index contributed by atoms with van der Waals surface area (Å²) in [6.07, 6.45) is 1.41. The van der Waals surface area contributed by atoms with E-state index < -0.39 is 0 Å². The van der Waals surface area contributed by atoms with E-state index in [4.69, 9.17) is 5.73 Å². The zero-order valence-electron chi connectivity index (χ0n) is 11.5. The van der Waals surface area contributed by atoms with Crippen LogP contribution in [0.25, 0.3) is 0 Å². The molecule has 1 amide bonds. The van der Waals surface area contributed by atoms with Crippen LogP contribution in [0.2, 0.25) is 0 Å². The van der Waals surface area contributed by atoms with Crippen LogP contribution < -0.4 is 11.1 Å². The molecular weight excluding hydrogens is 226 g/mol. The number of anilines is 2. The molecule has 100 valence electrons. The smallest absolute Gasteiger partial charge is 0.224 e. The molecule has 4 nitrogen and oxygen atoms in total. The second kappa shape index (κ2) is 7.01. The Hall–Kier alpha value is -1.55. The molecule has 0 spiro atoms. The van der Waals surface area contributed by atoms with E-state index in [1.165, 1.54) is 0 Å². The van der Waals surface area contributed by atoms with Gasteiger partial charge in [0.15, 0.2) is 0 Å². The van der Waals surface area contributed by atoms with Crippen LogP contribution in [0.3, 0.4) is 0 Å². The van der Waals surface area contributed by atoms with Crippen LogP contribution in [0, 0.1) is 6.92 Å². The van der Waals surface area contributed by atoms with Gasteiger partial charge in [-0.2, -0.15) is 0 Å². The standard InChI is InChI=1S/C14H23N3O/c1-4-17(3)9-5-6-14(18)16-13-10-12(15)8-7-11(13)2/h7-8,10H,4-6,9,15H2,1-3H3,(H,16,18). The minimum absolute atomic E-state index is 0.0493. The molecule has 1 aromatic rings. The first-order chi connectivity index (χ1) is 8.52. The lowest BCUT2D eigenvalue weighted by molar-refractivity contribution is -0.116. The largest absolute Gasteiger partial charge is 0.399 e.